The predicted molar refractivity (Wildman–Crippen MR) is 128 cm³/mol. The van der Waals surface area contributed by atoms with E-state index in [0.717, 1.165) is 5.56 Å². The van der Waals surface area contributed by atoms with E-state index in [1.54, 1.807) is 29.1 Å². The first kappa shape index (κ1) is 22.5. The Kier molecular flexibility index (Phi) is 6.09. The van der Waals surface area contributed by atoms with E-state index in [-0.39, 0.29) is 36.7 Å². The summed E-state index contributed by atoms with van der Waals surface area (Å²) in [5.74, 6) is 0.924. The lowest BCUT2D eigenvalue weighted by molar-refractivity contribution is 0.0911. The number of hydrogen-bond acceptors (Lipinski definition) is 7. The quantitative estimate of drug-likeness (QED) is 0.394. The number of hydrogen-bond donors (Lipinski definition) is 2. The zero-order valence-electron chi connectivity index (χ0n) is 19.4. The number of aromatic nitrogens is 3. The standard InChI is InChI=1S/C25H25N5O5/c1-15(2)30-23-18(14-28-30)17(24(31)26-7-8-27-25(32)21-4-3-9-33-21)13-19(29-23)16-5-6-20-22(12-16)35-11-10-34-20/h3-6,9,12-15H,7-8,10-11H2,1-2H3,(H,26,31)(H,27,32). The van der Waals surface area contributed by atoms with Crippen LogP contribution in [0.3, 0.4) is 0 Å². The third-order valence-electron chi connectivity index (χ3n) is 5.58. The van der Waals surface area contributed by atoms with E-state index in [1.807, 2.05) is 32.0 Å². The van der Waals surface area contributed by atoms with Gasteiger partial charge in [-0.15, -0.1) is 0 Å². The van der Waals surface area contributed by atoms with Gasteiger partial charge in [-0.05, 0) is 50.2 Å². The molecule has 1 aliphatic heterocycles. The van der Waals surface area contributed by atoms with Crippen LogP contribution in [0.15, 0.2) is 53.3 Å². The van der Waals surface area contributed by atoms with Gasteiger partial charge in [-0.25, -0.2) is 9.67 Å². The van der Waals surface area contributed by atoms with Crippen molar-refractivity contribution in [3.63, 3.8) is 0 Å². The Balaban J connectivity index is 1.40. The van der Waals surface area contributed by atoms with E-state index in [4.69, 9.17) is 18.9 Å². The van der Waals surface area contributed by atoms with Crippen LogP contribution in [0.25, 0.3) is 22.3 Å². The summed E-state index contributed by atoms with van der Waals surface area (Å²) < 4.78 is 18.2. The normalized spacial score (nSPS) is 12.7. The van der Waals surface area contributed by atoms with Gasteiger partial charge in [0.05, 0.1) is 29.1 Å². The number of rotatable bonds is 7. The Morgan fingerprint density at radius 2 is 1.80 bits per heavy atom. The Labute approximate surface area is 201 Å². The number of carbonyl (C=O) groups is 2. The van der Waals surface area contributed by atoms with Gasteiger partial charge in [0.25, 0.3) is 11.8 Å². The van der Waals surface area contributed by atoms with Crippen molar-refractivity contribution in [1.82, 2.24) is 25.4 Å². The highest BCUT2D eigenvalue weighted by atomic mass is 16.6. The van der Waals surface area contributed by atoms with Crippen LogP contribution in [0.2, 0.25) is 0 Å². The Morgan fingerprint density at radius 1 is 1.03 bits per heavy atom. The Hall–Kier alpha value is -4.34. The van der Waals surface area contributed by atoms with Crippen LogP contribution in [0, 0.1) is 0 Å². The van der Waals surface area contributed by atoms with Gasteiger partial charge in [0.2, 0.25) is 0 Å². The van der Waals surface area contributed by atoms with Gasteiger partial charge in [0, 0.05) is 24.7 Å². The van der Waals surface area contributed by atoms with Gasteiger partial charge in [-0.2, -0.15) is 5.10 Å². The van der Waals surface area contributed by atoms with Gasteiger partial charge in [-0.1, -0.05) is 0 Å². The molecule has 0 radical (unpaired) electrons. The van der Waals surface area contributed by atoms with Crippen LogP contribution in [-0.2, 0) is 0 Å². The van der Waals surface area contributed by atoms with Gasteiger partial charge >= 0.3 is 0 Å². The molecule has 4 aromatic rings. The molecular formula is C25H25N5O5. The molecule has 1 aliphatic rings. The molecular weight excluding hydrogens is 450 g/mol. The van der Waals surface area contributed by atoms with Crippen LogP contribution in [0.5, 0.6) is 11.5 Å². The summed E-state index contributed by atoms with van der Waals surface area (Å²) in [4.78, 5) is 30.0. The smallest absolute Gasteiger partial charge is 0.287 e. The average molecular weight is 476 g/mol. The van der Waals surface area contributed by atoms with Crippen molar-refractivity contribution in [2.45, 2.75) is 19.9 Å². The van der Waals surface area contributed by atoms with Gasteiger partial charge in [-0.3, -0.25) is 9.59 Å². The molecule has 10 nitrogen and oxygen atoms in total. The van der Waals surface area contributed by atoms with Gasteiger partial charge in [0.15, 0.2) is 22.9 Å². The second kappa shape index (κ2) is 9.49. The lowest BCUT2D eigenvalue weighted by Gasteiger charge is -2.19. The summed E-state index contributed by atoms with van der Waals surface area (Å²) in [7, 11) is 0. The van der Waals surface area contributed by atoms with E-state index >= 15 is 0 Å². The molecule has 180 valence electrons. The van der Waals surface area contributed by atoms with Crippen LogP contribution < -0.4 is 20.1 Å². The van der Waals surface area contributed by atoms with E-state index in [9.17, 15) is 9.59 Å². The lowest BCUT2D eigenvalue weighted by atomic mass is 10.1. The number of carbonyl (C=O) groups excluding carboxylic acids is 2. The highest BCUT2D eigenvalue weighted by molar-refractivity contribution is 6.06. The Bertz CT molecular complexity index is 1380. The van der Waals surface area contributed by atoms with Crippen LogP contribution >= 0.6 is 0 Å². The molecule has 2 amide bonds. The summed E-state index contributed by atoms with van der Waals surface area (Å²) in [5, 5.41) is 10.7. The van der Waals surface area contributed by atoms with E-state index in [1.165, 1.54) is 6.26 Å². The highest BCUT2D eigenvalue weighted by Gasteiger charge is 2.20. The first-order valence-electron chi connectivity index (χ1n) is 11.4. The molecule has 0 saturated carbocycles. The second-order valence-corrected chi connectivity index (χ2v) is 8.32. The molecule has 10 heteroatoms. The number of fused-ring (bicyclic) bond motifs is 2. The molecule has 35 heavy (non-hydrogen) atoms. The van der Waals surface area contributed by atoms with Crippen LogP contribution in [0.4, 0.5) is 0 Å². The van der Waals surface area contributed by atoms with Crippen molar-refractivity contribution in [3.05, 3.63) is 60.2 Å². The van der Waals surface area contributed by atoms with E-state index < -0.39 is 0 Å². The average Bonchev–Trinajstić information content (AvgIpc) is 3.56. The maximum absolute atomic E-state index is 13.2. The molecule has 0 aliphatic carbocycles. The molecule has 3 aromatic heterocycles. The number of nitrogens with zero attached hydrogens (tertiary/aromatic N) is 3. The van der Waals surface area contributed by atoms with E-state index in [0.29, 0.717) is 47.0 Å². The second-order valence-electron chi connectivity index (χ2n) is 8.32. The number of benzene rings is 1. The summed E-state index contributed by atoms with van der Waals surface area (Å²) in [6.07, 6.45) is 3.09. The molecule has 2 N–H and O–H groups in total. The molecule has 0 atom stereocenters. The van der Waals surface area contributed by atoms with Gasteiger partial charge in [0.1, 0.15) is 13.2 Å². The number of nitrogens with one attached hydrogen (secondary N) is 2. The fourth-order valence-electron chi connectivity index (χ4n) is 3.88. The molecule has 0 fully saturated rings. The SMILES string of the molecule is CC(C)n1ncc2c(C(=O)NCCNC(=O)c3ccco3)cc(-c3ccc4c(c3)OCCO4)nc21. The lowest BCUT2D eigenvalue weighted by Crippen LogP contribution is -2.34. The molecule has 5 rings (SSSR count). The highest BCUT2D eigenvalue weighted by Crippen LogP contribution is 2.35. The maximum Gasteiger partial charge on any atom is 0.287 e. The Morgan fingerprint density at radius 3 is 2.54 bits per heavy atom. The summed E-state index contributed by atoms with van der Waals surface area (Å²) in [5.41, 5.74) is 2.48. The zero-order chi connectivity index (χ0) is 24.4. The van der Waals surface area contributed by atoms with E-state index in [2.05, 4.69) is 15.7 Å². The van der Waals surface area contributed by atoms with Crippen LogP contribution in [0.1, 0.15) is 40.8 Å². The summed E-state index contributed by atoms with van der Waals surface area (Å²) in [6.45, 7) is 5.49. The fraction of sp³-hybridized carbons (Fsp3) is 0.280. The molecule has 0 saturated heterocycles. The molecule has 4 heterocycles. The van der Waals surface area contributed by atoms with Gasteiger partial charge < -0.3 is 24.5 Å². The molecule has 1 aromatic carbocycles. The van der Waals surface area contributed by atoms with Crippen molar-refractivity contribution in [2.75, 3.05) is 26.3 Å². The minimum absolute atomic E-state index is 0.0586. The molecule has 0 unspecified atom stereocenters. The molecule has 0 bridgehead atoms. The van der Waals surface area contributed by atoms with Crippen LogP contribution in [-0.4, -0.2) is 52.9 Å². The van der Waals surface area contributed by atoms with Crippen molar-refractivity contribution in [1.29, 1.82) is 0 Å². The minimum Gasteiger partial charge on any atom is -0.486 e. The first-order chi connectivity index (χ1) is 17.0. The summed E-state index contributed by atoms with van der Waals surface area (Å²) >= 11 is 0. The number of pyridine rings is 1. The van der Waals surface area contributed by atoms with Crippen molar-refractivity contribution < 1.29 is 23.5 Å². The zero-order valence-corrected chi connectivity index (χ0v) is 19.4. The number of furan rings is 1. The van der Waals surface area contributed by atoms with Crippen molar-refractivity contribution in [2.24, 2.45) is 0 Å². The monoisotopic (exact) mass is 475 g/mol. The predicted octanol–water partition coefficient (Wildman–Crippen LogP) is 3.20. The fourth-order valence-corrected chi connectivity index (χ4v) is 3.88. The maximum atomic E-state index is 13.2. The number of amides is 2. The third kappa shape index (κ3) is 4.54. The first-order valence-corrected chi connectivity index (χ1v) is 11.4. The topological polar surface area (TPSA) is 121 Å². The molecule has 0 spiro atoms. The third-order valence-corrected chi connectivity index (χ3v) is 5.58. The van der Waals surface area contributed by atoms with Crippen molar-refractivity contribution >= 4 is 22.8 Å². The largest absolute Gasteiger partial charge is 0.486 e. The van der Waals surface area contributed by atoms with Crippen molar-refractivity contribution in [3.8, 4) is 22.8 Å². The minimum atomic E-state index is -0.338. The summed E-state index contributed by atoms with van der Waals surface area (Å²) in [6, 6.07) is 10.6. The number of ether oxygens (including phenoxy) is 2.